The highest BCUT2D eigenvalue weighted by atomic mass is 16.7. The molecule has 0 amide bonds. The number of unbranched alkanes of at least 4 members (excludes halogenated alkanes) is 11. The van der Waals surface area contributed by atoms with Crippen molar-refractivity contribution < 1.29 is 4.84 Å². The van der Waals surface area contributed by atoms with Gasteiger partial charge in [-0.1, -0.05) is 84.5 Å². The van der Waals surface area contributed by atoms with Crippen LogP contribution >= 0.6 is 0 Å². The van der Waals surface area contributed by atoms with E-state index >= 15 is 0 Å². The summed E-state index contributed by atoms with van der Waals surface area (Å²) in [6, 6.07) is 0. The molecule has 0 fully saturated rings. The summed E-state index contributed by atoms with van der Waals surface area (Å²) in [6.45, 7) is 8.11. The summed E-state index contributed by atoms with van der Waals surface area (Å²) in [6.07, 6.45) is 18.9. The summed E-state index contributed by atoms with van der Waals surface area (Å²) in [4.78, 5) is 5.85. The second-order valence-corrected chi connectivity index (χ2v) is 6.79. The molecule has 0 heterocycles. The van der Waals surface area contributed by atoms with E-state index in [0.29, 0.717) is 0 Å². The van der Waals surface area contributed by atoms with Crippen molar-refractivity contribution in [3.05, 3.63) is 0 Å². The number of hydrogen-bond acceptors (Lipinski definition) is 3. The minimum atomic E-state index is 0.752. The molecule has 0 rings (SSSR count). The smallest absolute Gasteiger partial charge is 0.0685 e. The summed E-state index contributed by atoms with van der Waals surface area (Å²) < 4.78 is 0. The molecule has 2 N–H and O–H groups in total. The van der Waals surface area contributed by atoms with Crippen LogP contribution in [0.1, 0.15) is 104 Å². The Hall–Kier alpha value is -0.120. The van der Waals surface area contributed by atoms with E-state index in [2.05, 4.69) is 18.9 Å². The second kappa shape index (κ2) is 19.9. The van der Waals surface area contributed by atoms with Crippen LogP contribution in [0.15, 0.2) is 0 Å². The van der Waals surface area contributed by atoms with Crippen molar-refractivity contribution in [2.24, 2.45) is 5.73 Å². The molecule has 0 unspecified atom stereocenters. The Kier molecular flexibility index (Phi) is 19.8. The van der Waals surface area contributed by atoms with Gasteiger partial charge in [-0.25, -0.2) is 0 Å². The van der Waals surface area contributed by atoms with Crippen LogP contribution in [0, 0.1) is 0 Å². The third kappa shape index (κ3) is 18.1. The maximum atomic E-state index is 5.85. The van der Waals surface area contributed by atoms with Gasteiger partial charge in [0.05, 0.1) is 6.61 Å². The molecule has 0 saturated heterocycles. The zero-order chi connectivity index (χ0) is 17.0. The molecule has 0 aliphatic carbocycles. The number of nitrogens with zero attached hydrogens (tertiary/aromatic N) is 1. The largest absolute Gasteiger partial charge is 0.330 e. The molecule has 0 aliphatic rings. The zero-order valence-electron chi connectivity index (χ0n) is 16.2. The highest BCUT2D eigenvalue weighted by Crippen LogP contribution is 2.12. The summed E-state index contributed by atoms with van der Waals surface area (Å²) >= 11 is 0. The Morgan fingerprint density at radius 2 is 1.13 bits per heavy atom. The van der Waals surface area contributed by atoms with Gasteiger partial charge in [0.1, 0.15) is 0 Å². The lowest BCUT2D eigenvalue weighted by atomic mass is 10.1. The van der Waals surface area contributed by atoms with Crippen molar-refractivity contribution in [1.82, 2.24) is 5.06 Å². The lowest BCUT2D eigenvalue weighted by Gasteiger charge is -2.20. The first kappa shape index (κ1) is 22.9. The molecule has 3 nitrogen and oxygen atoms in total. The average molecular weight is 329 g/mol. The van der Waals surface area contributed by atoms with Crippen LogP contribution in [-0.2, 0) is 4.84 Å². The first-order valence-corrected chi connectivity index (χ1v) is 10.4. The summed E-state index contributed by atoms with van der Waals surface area (Å²) in [5.41, 5.74) is 5.57. The van der Waals surface area contributed by atoms with Crippen LogP contribution in [0.25, 0.3) is 0 Å². The van der Waals surface area contributed by atoms with Crippen LogP contribution in [-0.4, -0.2) is 31.3 Å². The van der Waals surface area contributed by atoms with Gasteiger partial charge in [0, 0.05) is 13.1 Å². The molecule has 3 heteroatoms. The molecular weight excluding hydrogens is 284 g/mol. The van der Waals surface area contributed by atoms with Crippen molar-refractivity contribution >= 4 is 0 Å². The summed E-state index contributed by atoms with van der Waals surface area (Å²) in [7, 11) is 0. The molecular formula is C20H44N2O. The van der Waals surface area contributed by atoms with Crippen LogP contribution in [0.3, 0.4) is 0 Å². The zero-order valence-corrected chi connectivity index (χ0v) is 16.2. The van der Waals surface area contributed by atoms with Gasteiger partial charge in [-0.05, 0) is 25.8 Å². The van der Waals surface area contributed by atoms with Gasteiger partial charge in [-0.2, -0.15) is 5.06 Å². The number of rotatable bonds is 19. The van der Waals surface area contributed by atoms with E-state index in [1.54, 1.807) is 0 Å². The van der Waals surface area contributed by atoms with E-state index in [-0.39, 0.29) is 0 Å². The van der Waals surface area contributed by atoms with E-state index in [9.17, 15) is 0 Å². The Balaban J connectivity index is 3.22. The molecule has 0 atom stereocenters. The minimum Gasteiger partial charge on any atom is -0.330 e. The SMILES string of the molecule is CCCCCCCCCCCCCCON(CCC)CCCN. The normalized spacial score (nSPS) is 11.5. The maximum absolute atomic E-state index is 5.85. The van der Waals surface area contributed by atoms with E-state index in [1.807, 2.05) is 0 Å². The van der Waals surface area contributed by atoms with Crippen molar-refractivity contribution in [1.29, 1.82) is 0 Å². The van der Waals surface area contributed by atoms with Gasteiger partial charge in [0.2, 0.25) is 0 Å². The molecule has 0 aliphatic heterocycles. The van der Waals surface area contributed by atoms with E-state index in [4.69, 9.17) is 10.6 Å². The van der Waals surface area contributed by atoms with Crippen molar-refractivity contribution in [2.75, 3.05) is 26.2 Å². The van der Waals surface area contributed by atoms with Crippen molar-refractivity contribution in [3.63, 3.8) is 0 Å². The fourth-order valence-corrected chi connectivity index (χ4v) is 2.89. The quantitative estimate of drug-likeness (QED) is 0.245. The van der Waals surface area contributed by atoms with Crippen LogP contribution < -0.4 is 5.73 Å². The van der Waals surface area contributed by atoms with E-state index in [0.717, 1.165) is 39.1 Å². The van der Waals surface area contributed by atoms with Crippen molar-refractivity contribution in [2.45, 2.75) is 104 Å². The highest BCUT2D eigenvalue weighted by molar-refractivity contribution is 4.50. The minimum absolute atomic E-state index is 0.752. The van der Waals surface area contributed by atoms with E-state index < -0.39 is 0 Å². The molecule has 0 aromatic rings. The molecule has 0 spiro atoms. The molecule has 0 saturated carbocycles. The molecule has 140 valence electrons. The van der Waals surface area contributed by atoms with Gasteiger partial charge in [0.25, 0.3) is 0 Å². The third-order valence-electron chi connectivity index (χ3n) is 4.36. The van der Waals surface area contributed by atoms with Gasteiger partial charge in [-0.15, -0.1) is 0 Å². The number of nitrogens with two attached hydrogens (primary N) is 1. The first-order valence-electron chi connectivity index (χ1n) is 10.4. The Morgan fingerprint density at radius 1 is 0.609 bits per heavy atom. The lowest BCUT2D eigenvalue weighted by Crippen LogP contribution is -2.28. The fourth-order valence-electron chi connectivity index (χ4n) is 2.89. The third-order valence-corrected chi connectivity index (χ3v) is 4.36. The lowest BCUT2D eigenvalue weighted by molar-refractivity contribution is -0.160. The molecule has 0 aromatic carbocycles. The second-order valence-electron chi connectivity index (χ2n) is 6.79. The summed E-state index contributed by atoms with van der Waals surface area (Å²) in [5.74, 6) is 0. The topological polar surface area (TPSA) is 38.5 Å². The van der Waals surface area contributed by atoms with Gasteiger partial charge in [-0.3, -0.25) is 4.84 Å². The van der Waals surface area contributed by atoms with Crippen molar-refractivity contribution in [3.8, 4) is 0 Å². The van der Waals surface area contributed by atoms with E-state index in [1.165, 1.54) is 77.0 Å². The monoisotopic (exact) mass is 328 g/mol. The highest BCUT2D eigenvalue weighted by Gasteiger charge is 2.03. The number of hydrogen-bond donors (Lipinski definition) is 1. The molecule has 0 radical (unpaired) electrons. The predicted molar refractivity (Wildman–Crippen MR) is 103 cm³/mol. The maximum Gasteiger partial charge on any atom is 0.0685 e. The Morgan fingerprint density at radius 3 is 1.61 bits per heavy atom. The van der Waals surface area contributed by atoms with Gasteiger partial charge >= 0.3 is 0 Å². The van der Waals surface area contributed by atoms with Crippen LogP contribution in [0.4, 0.5) is 0 Å². The average Bonchev–Trinajstić information content (AvgIpc) is 2.56. The molecule has 23 heavy (non-hydrogen) atoms. The van der Waals surface area contributed by atoms with Crippen LogP contribution in [0.2, 0.25) is 0 Å². The molecule has 0 aromatic heterocycles. The summed E-state index contributed by atoms with van der Waals surface area (Å²) in [5, 5.41) is 2.10. The first-order chi connectivity index (χ1) is 11.3. The van der Waals surface area contributed by atoms with Gasteiger partial charge in [0.15, 0.2) is 0 Å². The standard InChI is InChI=1S/C20H44N2O/c1-3-5-6-7-8-9-10-11-12-13-14-15-20-23-22(18-4-2)19-16-17-21/h3-21H2,1-2H3. The Labute approximate surface area is 146 Å². The molecule has 0 bridgehead atoms. The fraction of sp³-hybridized carbons (Fsp3) is 1.00. The predicted octanol–water partition coefficient (Wildman–Crippen LogP) is 5.68. The Bertz CT molecular complexity index is 212. The van der Waals surface area contributed by atoms with Gasteiger partial charge < -0.3 is 5.73 Å². The van der Waals surface area contributed by atoms with Crippen LogP contribution in [0.5, 0.6) is 0 Å². The number of hydroxylamine groups is 2.